The number of ether oxygens (including phenoxy) is 1. The number of allylic oxidation sites excluding steroid dienone is 2. The summed E-state index contributed by atoms with van der Waals surface area (Å²) in [4.78, 5) is 39.5. The van der Waals surface area contributed by atoms with E-state index < -0.39 is 12.0 Å². The molecule has 3 aromatic rings. The van der Waals surface area contributed by atoms with Crippen LogP contribution in [0, 0.1) is 6.92 Å². The number of hydrogen-bond acceptors (Lipinski definition) is 6. The van der Waals surface area contributed by atoms with Crippen molar-refractivity contribution in [3.63, 3.8) is 0 Å². The monoisotopic (exact) mass is 428 g/mol. The van der Waals surface area contributed by atoms with Crippen LogP contribution in [0.5, 0.6) is 0 Å². The van der Waals surface area contributed by atoms with Crippen molar-refractivity contribution in [2.45, 2.75) is 19.8 Å². The lowest BCUT2D eigenvalue weighted by atomic mass is 10.0. The Bertz CT molecular complexity index is 1220. The molecule has 0 unspecified atom stereocenters. The first-order chi connectivity index (χ1) is 15.5. The maximum absolute atomic E-state index is 12.6. The molecule has 4 rings (SSSR count). The third-order valence-electron chi connectivity index (χ3n) is 4.91. The Morgan fingerprint density at radius 3 is 2.50 bits per heavy atom. The molecule has 1 fully saturated rings. The van der Waals surface area contributed by atoms with Gasteiger partial charge in [0.15, 0.2) is 11.5 Å². The van der Waals surface area contributed by atoms with Gasteiger partial charge in [0.05, 0.1) is 5.69 Å². The lowest BCUT2D eigenvalue weighted by Crippen LogP contribution is -2.18. The van der Waals surface area contributed by atoms with Crippen molar-refractivity contribution in [2.24, 2.45) is 0 Å². The second-order valence-corrected chi connectivity index (χ2v) is 7.17. The smallest absolute Gasteiger partial charge is 0.419 e. The van der Waals surface area contributed by atoms with Gasteiger partial charge in [-0.1, -0.05) is 54.6 Å². The molecule has 0 saturated carbocycles. The highest BCUT2D eigenvalue weighted by Crippen LogP contribution is 2.22. The fraction of sp³-hybridized carbons (Fsp3) is 0.120. The summed E-state index contributed by atoms with van der Waals surface area (Å²) in [6.45, 7) is 1.85. The van der Waals surface area contributed by atoms with E-state index in [2.05, 4.69) is 4.98 Å². The van der Waals surface area contributed by atoms with E-state index in [9.17, 15) is 14.4 Å². The van der Waals surface area contributed by atoms with Crippen molar-refractivity contribution in [2.75, 3.05) is 0 Å². The molecule has 2 aromatic carbocycles. The number of amides is 2. The molecule has 0 aliphatic carbocycles. The largest absolute Gasteiger partial charge is 0.441 e. The van der Waals surface area contributed by atoms with Gasteiger partial charge >= 0.3 is 6.09 Å². The van der Waals surface area contributed by atoms with Gasteiger partial charge in [0.25, 0.3) is 5.91 Å². The van der Waals surface area contributed by atoms with E-state index in [-0.39, 0.29) is 11.5 Å². The standard InChI is InChI=1S/C25H20N2O5/c1-16-20(26-24(31-16)19-7-3-2-4-8-19)14-15-21(28)18-12-10-17(11-13-18)6-5-9-22-23(29)27-25(30)32-22/h2-13H,14-15H2,1H3,(H,27,29,30). The van der Waals surface area contributed by atoms with Crippen LogP contribution in [0.4, 0.5) is 4.79 Å². The van der Waals surface area contributed by atoms with Gasteiger partial charge in [-0.2, -0.15) is 0 Å². The predicted octanol–water partition coefficient (Wildman–Crippen LogP) is 4.63. The van der Waals surface area contributed by atoms with Crippen LogP contribution in [-0.2, 0) is 16.0 Å². The quantitative estimate of drug-likeness (QED) is 0.435. The van der Waals surface area contributed by atoms with Crippen molar-refractivity contribution in [1.29, 1.82) is 0 Å². The summed E-state index contributed by atoms with van der Waals surface area (Å²) >= 11 is 0. The van der Waals surface area contributed by atoms with Gasteiger partial charge in [-0.25, -0.2) is 9.78 Å². The first kappa shape index (κ1) is 21.0. The number of ketones is 1. The number of aromatic nitrogens is 1. The van der Waals surface area contributed by atoms with E-state index in [1.54, 1.807) is 36.4 Å². The molecule has 0 bridgehead atoms. The molecular formula is C25H20N2O5. The van der Waals surface area contributed by atoms with Crippen LogP contribution >= 0.6 is 0 Å². The van der Waals surface area contributed by atoms with Crippen LogP contribution in [0.3, 0.4) is 0 Å². The summed E-state index contributed by atoms with van der Waals surface area (Å²) < 4.78 is 10.5. The molecule has 32 heavy (non-hydrogen) atoms. The van der Waals surface area contributed by atoms with Crippen LogP contribution in [0.2, 0.25) is 0 Å². The second-order valence-electron chi connectivity index (χ2n) is 7.17. The highest BCUT2D eigenvalue weighted by atomic mass is 16.6. The minimum Gasteiger partial charge on any atom is -0.441 e. The first-order valence-corrected chi connectivity index (χ1v) is 10.1. The molecule has 7 nitrogen and oxygen atoms in total. The van der Waals surface area contributed by atoms with Crippen LogP contribution in [0.15, 0.2) is 76.9 Å². The molecule has 1 N–H and O–H groups in total. The van der Waals surface area contributed by atoms with Crippen molar-refractivity contribution in [3.05, 3.63) is 95.1 Å². The third kappa shape index (κ3) is 4.89. The number of hydrogen-bond donors (Lipinski definition) is 1. The maximum atomic E-state index is 12.6. The first-order valence-electron chi connectivity index (χ1n) is 10.1. The molecular weight excluding hydrogens is 408 g/mol. The Kier molecular flexibility index (Phi) is 6.07. The van der Waals surface area contributed by atoms with E-state index in [0.29, 0.717) is 30.1 Å². The average Bonchev–Trinajstić information content (AvgIpc) is 3.33. The van der Waals surface area contributed by atoms with E-state index >= 15 is 0 Å². The number of carbonyl (C=O) groups is 3. The number of carbonyl (C=O) groups excluding carboxylic acids is 3. The molecule has 1 aliphatic rings. The van der Waals surface area contributed by atoms with Crippen molar-refractivity contribution in [3.8, 4) is 11.5 Å². The molecule has 160 valence electrons. The zero-order valence-electron chi connectivity index (χ0n) is 17.3. The summed E-state index contributed by atoms with van der Waals surface area (Å²) in [6, 6.07) is 16.8. The van der Waals surface area contributed by atoms with E-state index in [4.69, 9.17) is 9.15 Å². The van der Waals surface area contributed by atoms with Crippen molar-refractivity contribution < 1.29 is 23.5 Å². The number of rotatable bonds is 7. The van der Waals surface area contributed by atoms with Crippen molar-refractivity contribution >= 4 is 23.9 Å². The molecule has 1 aliphatic heterocycles. The molecule has 2 heterocycles. The van der Waals surface area contributed by atoms with Crippen LogP contribution < -0.4 is 5.32 Å². The summed E-state index contributed by atoms with van der Waals surface area (Å²) in [7, 11) is 0. The van der Waals surface area contributed by atoms with Crippen molar-refractivity contribution in [1.82, 2.24) is 10.3 Å². The summed E-state index contributed by atoms with van der Waals surface area (Å²) in [5.41, 5.74) is 3.12. The van der Waals surface area contributed by atoms with Gasteiger partial charge in [0.2, 0.25) is 5.89 Å². The van der Waals surface area contributed by atoms with Gasteiger partial charge in [-0.3, -0.25) is 14.9 Å². The summed E-state index contributed by atoms with van der Waals surface area (Å²) in [6.07, 6.45) is 4.78. The van der Waals surface area contributed by atoms with Crippen LogP contribution in [0.25, 0.3) is 17.5 Å². The number of imide groups is 1. The van der Waals surface area contributed by atoms with E-state index in [1.165, 1.54) is 6.08 Å². The Morgan fingerprint density at radius 2 is 1.81 bits per heavy atom. The highest BCUT2D eigenvalue weighted by Gasteiger charge is 2.25. The highest BCUT2D eigenvalue weighted by molar-refractivity contribution is 6.07. The number of Topliss-reactive ketones (excluding diaryl/α,β-unsaturated/α-hetero) is 1. The fourth-order valence-corrected chi connectivity index (χ4v) is 3.20. The Balaban J connectivity index is 1.35. The molecule has 0 spiro atoms. The maximum Gasteiger partial charge on any atom is 0.419 e. The Morgan fingerprint density at radius 1 is 1.06 bits per heavy atom. The van der Waals surface area contributed by atoms with Gasteiger partial charge < -0.3 is 9.15 Å². The van der Waals surface area contributed by atoms with Gasteiger partial charge in [0, 0.05) is 24.0 Å². The van der Waals surface area contributed by atoms with Gasteiger partial charge in [-0.15, -0.1) is 0 Å². The third-order valence-corrected chi connectivity index (χ3v) is 4.91. The number of nitrogens with one attached hydrogen (secondary N) is 1. The number of benzene rings is 2. The number of cyclic esters (lactones) is 1. The molecule has 7 heteroatoms. The van der Waals surface area contributed by atoms with Crippen LogP contribution in [0.1, 0.15) is 33.8 Å². The van der Waals surface area contributed by atoms with Gasteiger partial charge in [0.1, 0.15) is 5.76 Å². The number of aryl methyl sites for hydroxylation is 2. The zero-order chi connectivity index (χ0) is 22.5. The lowest BCUT2D eigenvalue weighted by Gasteiger charge is -2.01. The predicted molar refractivity (Wildman–Crippen MR) is 118 cm³/mol. The minimum absolute atomic E-state index is 0.0147. The molecule has 1 aromatic heterocycles. The topological polar surface area (TPSA) is 98.5 Å². The molecule has 2 amide bonds. The Hall–Kier alpha value is -4.26. The number of alkyl carbamates (subject to hydrolysis) is 1. The second kappa shape index (κ2) is 9.26. The van der Waals surface area contributed by atoms with Gasteiger partial charge in [-0.05, 0) is 30.7 Å². The van der Waals surface area contributed by atoms with Crippen LogP contribution in [-0.4, -0.2) is 22.8 Å². The molecule has 0 radical (unpaired) electrons. The minimum atomic E-state index is -0.783. The van der Waals surface area contributed by atoms with E-state index in [1.807, 2.05) is 42.6 Å². The fourth-order valence-electron chi connectivity index (χ4n) is 3.20. The normalized spacial score (nSPS) is 14.7. The summed E-state index contributed by atoms with van der Waals surface area (Å²) in [5.74, 6) is 0.658. The lowest BCUT2D eigenvalue weighted by molar-refractivity contribution is -0.116. The molecule has 1 saturated heterocycles. The SMILES string of the molecule is Cc1oc(-c2ccccc2)nc1CCC(=O)c1ccc(C=CC=C2OC(=O)NC2=O)cc1. The Labute approximate surface area is 184 Å². The summed E-state index contributed by atoms with van der Waals surface area (Å²) in [5, 5.41) is 2.02. The zero-order valence-corrected chi connectivity index (χ0v) is 17.3. The number of oxazole rings is 1. The number of nitrogens with zero attached hydrogens (tertiary/aromatic N) is 1. The molecule has 0 atom stereocenters. The van der Waals surface area contributed by atoms with E-state index in [0.717, 1.165) is 16.8 Å². The average molecular weight is 428 g/mol.